The minimum atomic E-state index is 0.445. The summed E-state index contributed by atoms with van der Waals surface area (Å²) in [6, 6.07) is 0. The standard InChI is InChI=1S/C8H5Cl2N/c1-2-3-6-7(9)4-11-5-8(6)10/h1,4-5H,3H2. The van der Waals surface area contributed by atoms with E-state index in [1.54, 1.807) is 0 Å². The van der Waals surface area contributed by atoms with E-state index in [0.717, 1.165) is 5.56 Å². The molecule has 0 saturated heterocycles. The molecule has 11 heavy (non-hydrogen) atoms. The van der Waals surface area contributed by atoms with E-state index in [1.807, 2.05) is 0 Å². The summed E-state index contributed by atoms with van der Waals surface area (Å²) in [6.07, 6.45) is 8.61. The van der Waals surface area contributed by atoms with Crippen LogP contribution in [0, 0.1) is 12.3 Å². The molecule has 0 unspecified atom stereocenters. The maximum atomic E-state index is 5.77. The van der Waals surface area contributed by atoms with E-state index in [4.69, 9.17) is 29.6 Å². The minimum absolute atomic E-state index is 0.445. The molecule has 0 amide bonds. The average molecular weight is 186 g/mol. The second-order valence-corrected chi connectivity index (χ2v) is 2.78. The molecular formula is C8H5Cl2N. The summed E-state index contributed by atoms with van der Waals surface area (Å²) >= 11 is 11.5. The highest BCUT2D eigenvalue weighted by molar-refractivity contribution is 6.35. The SMILES string of the molecule is C#CCc1c(Cl)cncc1Cl. The molecule has 0 atom stereocenters. The summed E-state index contributed by atoms with van der Waals surface area (Å²) in [5.41, 5.74) is 0.769. The lowest BCUT2D eigenvalue weighted by molar-refractivity contribution is 1.24. The lowest BCUT2D eigenvalue weighted by Crippen LogP contribution is -1.86. The van der Waals surface area contributed by atoms with E-state index in [-0.39, 0.29) is 0 Å². The molecule has 3 heteroatoms. The summed E-state index contributed by atoms with van der Waals surface area (Å²) in [5, 5.41) is 1.05. The molecule has 0 spiro atoms. The smallest absolute Gasteiger partial charge is 0.0645 e. The fourth-order valence-electron chi connectivity index (χ4n) is 0.709. The quantitative estimate of drug-likeness (QED) is 0.614. The first-order valence-electron chi connectivity index (χ1n) is 2.97. The van der Waals surface area contributed by atoms with Crippen LogP contribution in [-0.2, 0) is 6.42 Å². The topological polar surface area (TPSA) is 12.9 Å². The molecule has 1 heterocycles. The number of hydrogen-bond donors (Lipinski definition) is 0. The molecule has 0 N–H and O–H groups in total. The van der Waals surface area contributed by atoms with Gasteiger partial charge in [-0.3, -0.25) is 4.98 Å². The molecule has 1 nitrogen and oxygen atoms in total. The predicted molar refractivity (Wildman–Crippen MR) is 46.8 cm³/mol. The van der Waals surface area contributed by atoms with Gasteiger partial charge >= 0.3 is 0 Å². The van der Waals surface area contributed by atoms with Gasteiger partial charge < -0.3 is 0 Å². The highest BCUT2D eigenvalue weighted by atomic mass is 35.5. The van der Waals surface area contributed by atoms with Gasteiger partial charge in [-0.25, -0.2) is 0 Å². The van der Waals surface area contributed by atoms with Crippen LogP contribution in [0.5, 0.6) is 0 Å². The maximum Gasteiger partial charge on any atom is 0.0645 e. The van der Waals surface area contributed by atoms with E-state index in [1.165, 1.54) is 12.4 Å². The van der Waals surface area contributed by atoms with E-state index >= 15 is 0 Å². The Morgan fingerprint density at radius 2 is 1.91 bits per heavy atom. The average Bonchev–Trinajstić information content (AvgIpc) is 1.97. The third-order valence-electron chi connectivity index (χ3n) is 1.23. The van der Waals surface area contributed by atoms with E-state index in [0.29, 0.717) is 16.5 Å². The summed E-state index contributed by atoms with van der Waals surface area (Å²) in [6.45, 7) is 0. The van der Waals surface area contributed by atoms with Crippen molar-refractivity contribution in [2.75, 3.05) is 0 Å². The number of pyridine rings is 1. The molecular weight excluding hydrogens is 181 g/mol. The number of hydrogen-bond acceptors (Lipinski definition) is 1. The number of halogens is 2. The van der Waals surface area contributed by atoms with Crippen LogP contribution in [0.15, 0.2) is 12.4 Å². The largest absolute Gasteiger partial charge is 0.262 e. The molecule has 1 rings (SSSR count). The molecule has 1 aromatic rings. The van der Waals surface area contributed by atoms with Crippen LogP contribution in [0.25, 0.3) is 0 Å². The maximum absolute atomic E-state index is 5.77. The van der Waals surface area contributed by atoms with Crippen molar-refractivity contribution in [1.82, 2.24) is 4.98 Å². The highest BCUT2D eigenvalue weighted by Gasteiger charge is 2.02. The predicted octanol–water partition coefficient (Wildman–Crippen LogP) is 2.56. The van der Waals surface area contributed by atoms with Crippen molar-refractivity contribution >= 4 is 23.2 Å². The normalized spacial score (nSPS) is 9.18. The van der Waals surface area contributed by atoms with Gasteiger partial charge in [0.15, 0.2) is 0 Å². The third-order valence-corrected chi connectivity index (χ3v) is 1.88. The Labute approximate surface area is 75.4 Å². The second-order valence-electron chi connectivity index (χ2n) is 1.96. The number of terminal acetylenes is 1. The molecule has 0 aromatic carbocycles. The molecule has 1 aromatic heterocycles. The molecule has 56 valence electrons. The van der Waals surface area contributed by atoms with Crippen molar-refractivity contribution in [3.05, 3.63) is 28.0 Å². The summed E-state index contributed by atoms with van der Waals surface area (Å²) < 4.78 is 0. The Hall–Kier alpha value is -0.710. The highest BCUT2D eigenvalue weighted by Crippen LogP contribution is 2.22. The fourth-order valence-corrected chi connectivity index (χ4v) is 1.21. The monoisotopic (exact) mass is 185 g/mol. The summed E-state index contributed by atoms with van der Waals surface area (Å²) in [4.78, 5) is 3.79. The van der Waals surface area contributed by atoms with Gasteiger partial charge in [0.1, 0.15) is 0 Å². The van der Waals surface area contributed by atoms with Crippen LogP contribution in [0.1, 0.15) is 5.56 Å². The van der Waals surface area contributed by atoms with Crippen molar-refractivity contribution in [3.8, 4) is 12.3 Å². The Morgan fingerprint density at radius 1 is 1.36 bits per heavy atom. The fraction of sp³-hybridized carbons (Fsp3) is 0.125. The molecule has 0 radical (unpaired) electrons. The van der Waals surface area contributed by atoms with Crippen LogP contribution in [0.3, 0.4) is 0 Å². The summed E-state index contributed by atoms with van der Waals surface area (Å²) in [7, 11) is 0. The second kappa shape index (κ2) is 3.61. The molecule has 0 bridgehead atoms. The molecule has 0 aliphatic rings. The van der Waals surface area contributed by atoms with Crippen molar-refractivity contribution in [2.24, 2.45) is 0 Å². The van der Waals surface area contributed by atoms with Gasteiger partial charge in [-0.1, -0.05) is 23.2 Å². The Kier molecular flexibility index (Phi) is 2.76. The number of nitrogens with zero attached hydrogens (tertiary/aromatic N) is 1. The van der Waals surface area contributed by atoms with Crippen molar-refractivity contribution in [2.45, 2.75) is 6.42 Å². The number of rotatable bonds is 1. The zero-order chi connectivity index (χ0) is 8.27. The van der Waals surface area contributed by atoms with Gasteiger partial charge in [-0.2, -0.15) is 0 Å². The molecule has 0 aliphatic carbocycles. The van der Waals surface area contributed by atoms with E-state index < -0.39 is 0 Å². The Balaban J connectivity index is 3.12. The molecule has 0 fully saturated rings. The Bertz CT molecular complexity index is 281. The Morgan fingerprint density at radius 3 is 2.36 bits per heavy atom. The van der Waals surface area contributed by atoms with Crippen molar-refractivity contribution < 1.29 is 0 Å². The zero-order valence-electron chi connectivity index (χ0n) is 5.64. The van der Waals surface area contributed by atoms with Crippen LogP contribution >= 0.6 is 23.2 Å². The van der Waals surface area contributed by atoms with Crippen LogP contribution < -0.4 is 0 Å². The third kappa shape index (κ3) is 1.86. The van der Waals surface area contributed by atoms with Crippen LogP contribution in [0.4, 0.5) is 0 Å². The van der Waals surface area contributed by atoms with Gasteiger partial charge in [0.05, 0.1) is 10.0 Å². The van der Waals surface area contributed by atoms with Gasteiger partial charge in [0.2, 0.25) is 0 Å². The van der Waals surface area contributed by atoms with Gasteiger partial charge in [-0.05, 0) is 0 Å². The molecule has 0 saturated carbocycles. The van der Waals surface area contributed by atoms with Gasteiger partial charge in [0.25, 0.3) is 0 Å². The van der Waals surface area contributed by atoms with Crippen LogP contribution in [0.2, 0.25) is 10.0 Å². The lowest BCUT2D eigenvalue weighted by atomic mass is 10.2. The summed E-state index contributed by atoms with van der Waals surface area (Å²) in [5.74, 6) is 2.47. The van der Waals surface area contributed by atoms with Gasteiger partial charge in [-0.15, -0.1) is 12.3 Å². The number of aromatic nitrogens is 1. The zero-order valence-corrected chi connectivity index (χ0v) is 7.15. The van der Waals surface area contributed by atoms with E-state index in [9.17, 15) is 0 Å². The van der Waals surface area contributed by atoms with Crippen molar-refractivity contribution in [1.29, 1.82) is 0 Å². The van der Waals surface area contributed by atoms with Crippen molar-refractivity contribution in [3.63, 3.8) is 0 Å². The lowest BCUT2D eigenvalue weighted by Gasteiger charge is -2.00. The first kappa shape index (κ1) is 8.39. The first-order chi connectivity index (χ1) is 5.25. The van der Waals surface area contributed by atoms with E-state index in [2.05, 4.69) is 10.9 Å². The van der Waals surface area contributed by atoms with Crippen LogP contribution in [-0.4, -0.2) is 4.98 Å². The first-order valence-corrected chi connectivity index (χ1v) is 3.72. The van der Waals surface area contributed by atoms with Gasteiger partial charge in [0, 0.05) is 24.4 Å². The molecule has 0 aliphatic heterocycles. The minimum Gasteiger partial charge on any atom is -0.262 e.